The highest BCUT2D eigenvalue weighted by Gasteiger charge is 2.21. The third kappa shape index (κ3) is 4.42. The van der Waals surface area contributed by atoms with E-state index in [1.165, 1.54) is 58.0 Å². The van der Waals surface area contributed by atoms with Gasteiger partial charge < -0.3 is 10.2 Å². The van der Waals surface area contributed by atoms with Crippen LogP contribution in [0.4, 0.5) is 0 Å². The van der Waals surface area contributed by atoms with E-state index in [9.17, 15) is 0 Å². The minimum atomic E-state index is 0.808. The van der Waals surface area contributed by atoms with Crippen LogP contribution < -0.4 is 5.32 Å². The van der Waals surface area contributed by atoms with Crippen molar-refractivity contribution in [2.45, 2.75) is 70.9 Å². The van der Waals surface area contributed by atoms with Gasteiger partial charge >= 0.3 is 0 Å². The zero-order valence-electron chi connectivity index (χ0n) is 11.5. The maximum atomic E-state index is 3.51. The molecule has 1 aliphatic rings. The van der Waals surface area contributed by atoms with Crippen LogP contribution in [0.15, 0.2) is 0 Å². The van der Waals surface area contributed by atoms with Crippen molar-refractivity contribution in [1.29, 1.82) is 0 Å². The SMILES string of the molecule is CCCCC(CC)N(C)C1CCCNCC1. The molecule has 0 radical (unpaired) electrons. The van der Waals surface area contributed by atoms with Crippen LogP contribution in [-0.4, -0.2) is 37.1 Å². The fourth-order valence-electron chi connectivity index (χ4n) is 2.84. The Bertz CT molecular complexity index is 162. The summed E-state index contributed by atoms with van der Waals surface area (Å²) in [5, 5.41) is 3.51. The minimum Gasteiger partial charge on any atom is -0.317 e. The van der Waals surface area contributed by atoms with E-state index in [1.807, 2.05) is 0 Å². The predicted molar refractivity (Wildman–Crippen MR) is 71.9 cm³/mol. The first-order chi connectivity index (χ1) is 7.79. The van der Waals surface area contributed by atoms with Crippen LogP contribution >= 0.6 is 0 Å². The van der Waals surface area contributed by atoms with Gasteiger partial charge in [0.25, 0.3) is 0 Å². The molecule has 1 aliphatic heterocycles. The van der Waals surface area contributed by atoms with E-state index in [4.69, 9.17) is 0 Å². The number of nitrogens with one attached hydrogen (secondary N) is 1. The van der Waals surface area contributed by atoms with E-state index >= 15 is 0 Å². The zero-order chi connectivity index (χ0) is 11.8. The van der Waals surface area contributed by atoms with E-state index in [0.29, 0.717) is 0 Å². The molecule has 1 fully saturated rings. The number of hydrogen-bond acceptors (Lipinski definition) is 2. The van der Waals surface area contributed by atoms with Crippen LogP contribution in [0, 0.1) is 0 Å². The topological polar surface area (TPSA) is 15.3 Å². The van der Waals surface area contributed by atoms with Crippen molar-refractivity contribution in [3.8, 4) is 0 Å². The fraction of sp³-hybridized carbons (Fsp3) is 1.00. The summed E-state index contributed by atoms with van der Waals surface area (Å²) in [5.41, 5.74) is 0. The lowest BCUT2D eigenvalue weighted by Crippen LogP contribution is -2.40. The van der Waals surface area contributed by atoms with E-state index in [1.54, 1.807) is 0 Å². The molecule has 2 atom stereocenters. The minimum absolute atomic E-state index is 0.808. The molecule has 0 saturated carbocycles. The average molecular weight is 226 g/mol. The van der Waals surface area contributed by atoms with E-state index < -0.39 is 0 Å². The number of nitrogens with zero attached hydrogens (tertiary/aromatic N) is 1. The highest BCUT2D eigenvalue weighted by atomic mass is 15.2. The fourth-order valence-corrected chi connectivity index (χ4v) is 2.84. The molecule has 0 aliphatic carbocycles. The standard InChI is InChI=1S/C14H30N2/c1-4-6-8-13(5-2)16(3)14-9-7-11-15-12-10-14/h13-15H,4-12H2,1-3H3. The summed E-state index contributed by atoms with van der Waals surface area (Å²) >= 11 is 0. The Kier molecular flexibility index (Phi) is 7.06. The normalized spacial score (nSPS) is 24.4. The summed E-state index contributed by atoms with van der Waals surface area (Å²) in [6.07, 6.45) is 9.46. The van der Waals surface area contributed by atoms with Crippen LogP contribution in [0.2, 0.25) is 0 Å². The first kappa shape index (κ1) is 14.0. The van der Waals surface area contributed by atoms with E-state index in [0.717, 1.165) is 12.1 Å². The Balaban J connectivity index is 2.41. The molecule has 0 aromatic rings. The van der Waals surface area contributed by atoms with Crippen LogP contribution in [0.5, 0.6) is 0 Å². The molecule has 0 spiro atoms. The van der Waals surface area contributed by atoms with Gasteiger partial charge in [0.15, 0.2) is 0 Å². The predicted octanol–water partition coefficient (Wildman–Crippen LogP) is 3.03. The molecule has 0 aromatic heterocycles. The molecule has 1 heterocycles. The van der Waals surface area contributed by atoms with Gasteiger partial charge in [-0.1, -0.05) is 26.7 Å². The van der Waals surface area contributed by atoms with E-state index in [2.05, 4.69) is 31.1 Å². The third-order valence-corrected chi connectivity index (χ3v) is 4.06. The van der Waals surface area contributed by atoms with Crippen molar-refractivity contribution >= 4 is 0 Å². The molecule has 2 unspecified atom stereocenters. The van der Waals surface area contributed by atoms with Gasteiger partial charge in [-0.2, -0.15) is 0 Å². The Hall–Kier alpha value is -0.0800. The summed E-state index contributed by atoms with van der Waals surface area (Å²) in [4.78, 5) is 2.67. The van der Waals surface area contributed by atoms with Gasteiger partial charge in [0.05, 0.1) is 0 Å². The second-order valence-electron chi connectivity index (χ2n) is 5.20. The van der Waals surface area contributed by atoms with Crippen molar-refractivity contribution in [2.75, 3.05) is 20.1 Å². The molecule has 1 rings (SSSR count). The van der Waals surface area contributed by atoms with Gasteiger partial charge in [0, 0.05) is 12.1 Å². The Morgan fingerprint density at radius 3 is 2.75 bits per heavy atom. The average Bonchev–Trinajstić information content (AvgIpc) is 2.58. The van der Waals surface area contributed by atoms with E-state index in [-0.39, 0.29) is 0 Å². The summed E-state index contributed by atoms with van der Waals surface area (Å²) in [5.74, 6) is 0. The molecule has 1 saturated heterocycles. The summed E-state index contributed by atoms with van der Waals surface area (Å²) in [6.45, 7) is 7.06. The number of unbranched alkanes of at least 4 members (excludes halogenated alkanes) is 1. The van der Waals surface area contributed by atoms with Gasteiger partial charge in [0.1, 0.15) is 0 Å². The monoisotopic (exact) mass is 226 g/mol. The van der Waals surface area contributed by atoms with Crippen molar-refractivity contribution in [3.05, 3.63) is 0 Å². The van der Waals surface area contributed by atoms with Crippen LogP contribution in [0.1, 0.15) is 58.8 Å². The summed E-state index contributed by atoms with van der Waals surface area (Å²) in [6, 6.07) is 1.62. The van der Waals surface area contributed by atoms with Gasteiger partial charge in [-0.05, 0) is 52.2 Å². The molecule has 16 heavy (non-hydrogen) atoms. The summed E-state index contributed by atoms with van der Waals surface area (Å²) < 4.78 is 0. The highest BCUT2D eigenvalue weighted by Crippen LogP contribution is 2.19. The first-order valence-electron chi connectivity index (χ1n) is 7.22. The molecule has 1 N–H and O–H groups in total. The lowest BCUT2D eigenvalue weighted by molar-refractivity contribution is 0.146. The molecular formula is C14H30N2. The molecule has 2 heteroatoms. The van der Waals surface area contributed by atoms with Gasteiger partial charge in [-0.15, -0.1) is 0 Å². The van der Waals surface area contributed by atoms with Crippen LogP contribution in [0.25, 0.3) is 0 Å². The molecule has 0 amide bonds. The van der Waals surface area contributed by atoms with Crippen LogP contribution in [-0.2, 0) is 0 Å². The summed E-state index contributed by atoms with van der Waals surface area (Å²) in [7, 11) is 2.35. The molecule has 0 aromatic carbocycles. The van der Waals surface area contributed by atoms with Crippen molar-refractivity contribution in [2.24, 2.45) is 0 Å². The largest absolute Gasteiger partial charge is 0.317 e. The highest BCUT2D eigenvalue weighted by molar-refractivity contribution is 4.78. The van der Waals surface area contributed by atoms with Crippen molar-refractivity contribution in [1.82, 2.24) is 10.2 Å². The van der Waals surface area contributed by atoms with Gasteiger partial charge in [-0.3, -0.25) is 0 Å². The third-order valence-electron chi connectivity index (χ3n) is 4.06. The maximum Gasteiger partial charge on any atom is 0.0108 e. The molecular weight excluding hydrogens is 196 g/mol. The quantitative estimate of drug-likeness (QED) is 0.749. The maximum absolute atomic E-state index is 3.51. The smallest absolute Gasteiger partial charge is 0.0108 e. The first-order valence-corrected chi connectivity index (χ1v) is 7.22. The second-order valence-corrected chi connectivity index (χ2v) is 5.20. The molecule has 0 bridgehead atoms. The van der Waals surface area contributed by atoms with Crippen molar-refractivity contribution in [3.63, 3.8) is 0 Å². The zero-order valence-corrected chi connectivity index (χ0v) is 11.5. The Morgan fingerprint density at radius 2 is 2.06 bits per heavy atom. The Morgan fingerprint density at radius 1 is 1.25 bits per heavy atom. The van der Waals surface area contributed by atoms with Gasteiger partial charge in [0.2, 0.25) is 0 Å². The lowest BCUT2D eigenvalue weighted by atomic mass is 10.0. The molecule has 96 valence electrons. The second kappa shape index (κ2) is 8.08. The molecule has 2 nitrogen and oxygen atoms in total. The number of rotatable bonds is 6. The van der Waals surface area contributed by atoms with Gasteiger partial charge in [-0.25, -0.2) is 0 Å². The Labute approximate surface area is 102 Å². The van der Waals surface area contributed by atoms with Crippen LogP contribution in [0.3, 0.4) is 0 Å². The van der Waals surface area contributed by atoms with Crippen molar-refractivity contribution < 1.29 is 0 Å². The lowest BCUT2D eigenvalue weighted by Gasteiger charge is -2.34. The number of hydrogen-bond donors (Lipinski definition) is 1.